The second-order valence-electron chi connectivity index (χ2n) is 4.67. The average molecular weight is 279 g/mol. The zero-order valence-corrected chi connectivity index (χ0v) is 12.2. The summed E-state index contributed by atoms with van der Waals surface area (Å²) in [5, 5.41) is 5.20. The summed E-state index contributed by atoms with van der Waals surface area (Å²) in [6.07, 6.45) is 2.87. The number of benzene rings is 1. The van der Waals surface area contributed by atoms with Crippen molar-refractivity contribution < 1.29 is 0 Å². The summed E-state index contributed by atoms with van der Waals surface area (Å²) >= 11 is 6.19. The number of nitrogens with zero attached hydrogens (tertiary/aromatic N) is 2. The van der Waals surface area contributed by atoms with E-state index in [0.717, 1.165) is 33.8 Å². The normalized spacial score (nSPS) is 12.7. The summed E-state index contributed by atoms with van der Waals surface area (Å²) < 4.78 is 1.81. The van der Waals surface area contributed by atoms with Crippen molar-refractivity contribution in [2.24, 2.45) is 12.9 Å². The monoisotopic (exact) mass is 278 g/mol. The van der Waals surface area contributed by atoms with Gasteiger partial charge >= 0.3 is 0 Å². The van der Waals surface area contributed by atoms with Crippen LogP contribution in [0.15, 0.2) is 24.4 Å². The Hall–Kier alpha value is -1.36. The standard InChI is InChI=1S/C14H19ClN4/c1-4-13-11(8-19(3)18-13)14(17-16)10-6-5-9(2)12(15)7-10/h5-8,14,17H,4,16H2,1-3H3. The van der Waals surface area contributed by atoms with Crippen LogP contribution in [0.25, 0.3) is 0 Å². The number of rotatable bonds is 4. The molecule has 2 aromatic rings. The van der Waals surface area contributed by atoms with Gasteiger partial charge in [0.2, 0.25) is 0 Å². The molecule has 0 saturated heterocycles. The highest BCUT2D eigenvalue weighted by Gasteiger charge is 2.19. The van der Waals surface area contributed by atoms with E-state index in [2.05, 4.69) is 17.4 Å². The van der Waals surface area contributed by atoms with Gasteiger partial charge in [0, 0.05) is 23.8 Å². The fourth-order valence-corrected chi connectivity index (χ4v) is 2.41. The van der Waals surface area contributed by atoms with Crippen molar-refractivity contribution in [2.75, 3.05) is 0 Å². The molecule has 1 aromatic heterocycles. The van der Waals surface area contributed by atoms with Crippen LogP contribution < -0.4 is 11.3 Å². The maximum atomic E-state index is 6.19. The Kier molecular flexibility index (Phi) is 4.24. The average Bonchev–Trinajstić information content (AvgIpc) is 2.76. The van der Waals surface area contributed by atoms with Crippen molar-refractivity contribution in [2.45, 2.75) is 26.3 Å². The molecule has 0 radical (unpaired) electrons. The van der Waals surface area contributed by atoms with E-state index in [1.807, 2.05) is 43.0 Å². The van der Waals surface area contributed by atoms with E-state index >= 15 is 0 Å². The molecule has 0 spiro atoms. The first kappa shape index (κ1) is 14.1. The minimum atomic E-state index is -0.0956. The topological polar surface area (TPSA) is 55.9 Å². The van der Waals surface area contributed by atoms with Gasteiger partial charge in [0.25, 0.3) is 0 Å². The molecule has 1 atom stereocenters. The summed E-state index contributed by atoms with van der Waals surface area (Å²) in [6.45, 7) is 4.07. The lowest BCUT2D eigenvalue weighted by molar-refractivity contribution is 0.631. The molecule has 1 aromatic carbocycles. The van der Waals surface area contributed by atoms with Gasteiger partial charge in [-0.3, -0.25) is 10.5 Å². The first-order valence-corrected chi connectivity index (χ1v) is 6.69. The summed E-state index contributed by atoms with van der Waals surface area (Å²) in [4.78, 5) is 0. The van der Waals surface area contributed by atoms with Crippen molar-refractivity contribution in [3.05, 3.63) is 51.8 Å². The smallest absolute Gasteiger partial charge is 0.0744 e. The SMILES string of the molecule is CCc1nn(C)cc1C(NN)c1ccc(C)c(Cl)c1. The Balaban J connectivity index is 2.46. The number of hydrogen-bond acceptors (Lipinski definition) is 3. The van der Waals surface area contributed by atoms with Gasteiger partial charge in [-0.05, 0) is 30.5 Å². The highest BCUT2D eigenvalue weighted by molar-refractivity contribution is 6.31. The molecular formula is C14H19ClN4. The maximum Gasteiger partial charge on any atom is 0.0744 e. The van der Waals surface area contributed by atoms with Gasteiger partial charge in [-0.15, -0.1) is 0 Å². The number of hydrazine groups is 1. The number of aromatic nitrogens is 2. The lowest BCUT2D eigenvalue weighted by Gasteiger charge is -2.17. The largest absolute Gasteiger partial charge is 0.275 e. The van der Waals surface area contributed by atoms with Crippen molar-refractivity contribution in [1.29, 1.82) is 0 Å². The summed E-state index contributed by atoms with van der Waals surface area (Å²) in [7, 11) is 1.92. The third-order valence-electron chi connectivity index (χ3n) is 3.28. The summed E-state index contributed by atoms with van der Waals surface area (Å²) in [5.74, 6) is 5.73. The van der Waals surface area contributed by atoms with E-state index < -0.39 is 0 Å². The van der Waals surface area contributed by atoms with E-state index in [4.69, 9.17) is 17.4 Å². The van der Waals surface area contributed by atoms with Gasteiger partial charge in [0.1, 0.15) is 0 Å². The molecule has 4 nitrogen and oxygen atoms in total. The third kappa shape index (κ3) is 2.81. The molecule has 2 rings (SSSR count). The Morgan fingerprint density at radius 2 is 2.21 bits per heavy atom. The number of nitrogens with two attached hydrogens (primary N) is 1. The van der Waals surface area contributed by atoms with Gasteiger partial charge in [-0.2, -0.15) is 5.10 Å². The number of hydrogen-bond donors (Lipinski definition) is 2. The summed E-state index contributed by atoms with van der Waals surface area (Å²) in [5.41, 5.74) is 7.09. The zero-order valence-electron chi connectivity index (χ0n) is 11.4. The molecule has 0 saturated carbocycles. The van der Waals surface area contributed by atoms with E-state index in [1.165, 1.54) is 0 Å². The van der Waals surface area contributed by atoms with Crippen LogP contribution in [0.5, 0.6) is 0 Å². The Labute approximate surface area is 118 Å². The molecule has 0 aliphatic carbocycles. The molecule has 19 heavy (non-hydrogen) atoms. The van der Waals surface area contributed by atoms with Crippen LogP contribution in [-0.4, -0.2) is 9.78 Å². The van der Waals surface area contributed by atoms with Crippen molar-refractivity contribution in [3.63, 3.8) is 0 Å². The number of aryl methyl sites for hydroxylation is 3. The van der Waals surface area contributed by atoms with Crippen LogP contribution in [0.3, 0.4) is 0 Å². The van der Waals surface area contributed by atoms with Gasteiger partial charge in [-0.1, -0.05) is 30.7 Å². The molecule has 3 N–H and O–H groups in total. The molecule has 0 aliphatic rings. The second-order valence-corrected chi connectivity index (χ2v) is 5.07. The molecule has 0 amide bonds. The molecule has 102 valence electrons. The highest BCUT2D eigenvalue weighted by Crippen LogP contribution is 2.27. The van der Waals surface area contributed by atoms with Gasteiger partial charge in [0.05, 0.1) is 11.7 Å². The van der Waals surface area contributed by atoms with E-state index in [1.54, 1.807) is 0 Å². The van der Waals surface area contributed by atoms with Crippen LogP contribution in [-0.2, 0) is 13.5 Å². The van der Waals surface area contributed by atoms with Crippen LogP contribution in [0.4, 0.5) is 0 Å². The fourth-order valence-electron chi connectivity index (χ4n) is 2.22. The Morgan fingerprint density at radius 3 is 2.79 bits per heavy atom. The lowest BCUT2D eigenvalue weighted by Crippen LogP contribution is -2.29. The predicted molar refractivity (Wildman–Crippen MR) is 77.9 cm³/mol. The maximum absolute atomic E-state index is 6.19. The third-order valence-corrected chi connectivity index (χ3v) is 3.69. The fraction of sp³-hybridized carbons (Fsp3) is 0.357. The first-order chi connectivity index (χ1) is 9.06. The van der Waals surface area contributed by atoms with Gasteiger partial charge in [-0.25, -0.2) is 5.43 Å². The van der Waals surface area contributed by atoms with Gasteiger partial charge in [0.15, 0.2) is 0 Å². The van der Waals surface area contributed by atoms with Crippen LogP contribution in [0.1, 0.15) is 35.3 Å². The van der Waals surface area contributed by atoms with Crippen molar-refractivity contribution in [3.8, 4) is 0 Å². The van der Waals surface area contributed by atoms with Crippen molar-refractivity contribution in [1.82, 2.24) is 15.2 Å². The lowest BCUT2D eigenvalue weighted by atomic mass is 9.98. The van der Waals surface area contributed by atoms with E-state index in [-0.39, 0.29) is 6.04 Å². The Morgan fingerprint density at radius 1 is 1.47 bits per heavy atom. The van der Waals surface area contributed by atoms with Crippen LogP contribution >= 0.6 is 11.6 Å². The Bertz CT molecular complexity index is 577. The minimum absolute atomic E-state index is 0.0956. The molecule has 0 aliphatic heterocycles. The number of nitrogens with one attached hydrogen (secondary N) is 1. The van der Waals surface area contributed by atoms with E-state index in [9.17, 15) is 0 Å². The van der Waals surface area contributed by atoms with Crippen LogP contribution in [0.2, 0.25) is 5.02 Å². The molecule has 1 heterocycles. The first-order valence-electron chi connectivity index (χ1n) is 6.31. The van der Waals surface area contributed by atoms with E-state index in [0.29, 0.717) is 0 Å². The molecule has 5 heteroatoms. The molecule has 0 bridgehead atoms. The summed E-state index contributed by atoms with van der Waals surface area (Å²) in [6, 6.07) is 5.90. The second kappa shape index (κ2) is 5.74. The highest BCUT2D eigenvalue weighted by atomic mass is 35.5. The molecule has 0 fully saturated rings. The van der Waals surface area contributed by atoms with Crippen LogP contribution in [0, 0.1) is 6.92 Å². The predicted octanol–water partition coefficient (Wildman–Crippen LogP) is 2.50. The number of halogens is 1. The quantitative estimate of drug-likeness (QED) is 0.667. The zero-order chi connectivity index (χ0) is 14.0. The minimum Gasteiger partial charge on any atom is -0.275 e. The molecular weight excluding hydrogens is 260 g/mol. The molecule has 1 unspecified atom stereocenters. The van der Waals surface area contributed by atoms with Crippen molar-refractivity contribution >= 4 is 11.6 Å². The van der Waals surface area contributed by atoms with Gasteiger partial charge < -0.3 is 0 Å².